The average Bonchev–Trinajstić information content (AvgIpc) is 2.46. The predicted molar refractivity (Wildman–Crippen MR) is 73.5 cm³/mol. The summed E-state index contributed by atoms with van der Waals surface area (Å²) in [6.07, 6.45) is 0. The Hall–Kier alpha value is -2.12. The fraction of sp³-hybridized carbons (Fsp3) is 0.143. The second kappa shape index (κ2) is 6.56. The van der Waals surface area contributed by atoms with Crippen molar-refractivity contribution in [3.8, 4) is 11.5 Å². The van der Waals surface area contributed by atoms with E-state index in [1.54, 1.807) is 6.07 Å². The average molecular weight is 294 g/mol. The van der Waals surface area contributed by atoms with Crippen LogP contribution in [0.25, 0.3) is 0 Å². The minimum atomic E-state index is -1.76. The molecule has 0 saturated heterocycles. The topological polar surface area (TPSA) is 58.9 Å². The summed E-state index contributed by atoms with van der Waals surface area (Å²) >= 11 is 0. The van der Waals surface area contributed by atoms with E-state index >= 15 is 0 Å². The largest absolute Gasteiger partial charge is 0.497 e. The van der Waals surface area contributed by atoms with Crippen LogP contribution in [0.5, 0.6) is 11.5 Å². The van der Waals surface area contributed by atoms with E-state index in [9.17, 15) is 18.8 Å². The van der Waals surface area contributed by atoms with Crippen LogP contribution in [0.2, 0.25) is 0 Å². The first-order valence-corrected chi connectivity index (χ1v) is 6.12. The number of ether oxygens (including phenoxy) is 2. The molecule has 7 heteroatoms. The van der Waals surface area contributed by atoms with E-state index in [1.807, 2.05) is 0 Å². The van der Waals surface area contributed by atoms with Crippen molar-refractivity contribution in [2.75, 3.05) is 7.11 Å². The van der Waals surface area contributed by atoms with Crippen molar-refractivity contribution in [3.05, 3.63) is 53.6 Å². The Morgan fingerprint density at radius 1 is 1.10 bits per heavy atom. The van der Waals surface area contributed by atoms with Crippen molar-refractivity contribution in [2.24, 2.45) is 0 Å². The maximum Gasteiger partial charge on any atom is 0.492 e. The van der Waals surface area contributed by atoms with Crippen LogP contribution in [0.15, 0.2) is 36.4 Å². The molecule has 0 radical (unpaired) electrons. The standard InChI is InChI=1S/C14H13BF2O4/c1-20-11-4-5-14(12(7-11)15(18)19)21-8-9-2-3-10(16)6-13(9)17/h2-7,18-19H,8H2,1H3. The van der Waals surface area contributed by atoms with Crippen LogP contribution in [0.1, 0.15) is 5.56 Å². The van der Waals surface area contributed by atoms with Gasteiger partial charge in [0, 0.05) is 17.1 Å². The normalized spacial score (nSPS) is 10.3. The molecule has 0 aliphatic rings. The molecule has 2 rings (SSSR count). The van der Waals surface area contributed by atoms with Crippen LogP contribution in [-0.2, 0) is 6.61 Å². The first kappa shape index (κ1) is 15.3. The van der Waals surface area contributed by atoms with E-state index in [4.69, 9.17) is 9.47 Å². The van der Waals surface area contributed by atoms with Gasteiger partial charge in [0.15, 0.2) is 0 Å². The molecule has 0 amide bonds. The molecule has 0 atom stereocenters. The highest BCUT2D eigenvalue weighted by Gasteiger charge is 2.18. The van der Waals surface area contributed by atoms with Crippen LogP contribution in [0, 0.1) is 11.6 Å². The van der Waals surface area contributed by atoms with Crippen LogP contribution >= 0.6 is 0 Å². The zero-order chi connectivity index (χ0) is 15.4. The summed E-state index contributed by atoms with van der Waals surface area (Å²) in [4.78, 5) is 0. The van der Waals surface area contributed by atoms with Crippen LogP contribution in [-0.4, -0.2) is 24.3 Å². The van der Waals surface area contributed by atoms with Gasteiger partial charge in [-0.2, -0.15) is 0 Å². The molecule has 0 saturated carbocycles. The SMILES string of the molecule is COc1ccc(OCc2ccc(F)cc2F)c(B(O)O)c1. The van der Waals surface area contributed by atoms with Crippen LogP contribution in [0.4, 0.5) is 8.78 Å². The Balaban J connectivity index is 2.19. The molecule has 0 aliphatic heterocycles. The second-order valence-corrected chi connectivity index (χ2v) is 4.30. The zero-order valence-electron chi connectivity index (χ0n) is 11.2. The Kier molecular flexibility index (Phi) is 4.77. The van der Waals surface area contributed by atoms with Crippen molar-refractivity contribution in [1.29, 1.82) is 0 Å². The minimum absolute atomic E-state index is 0.0943. The monoisotopic (exact) mass is 294 g/mol. The van der Waals surface area contributed by atoms with Gasteiger partial charge >= 0.3 is 7.12 Å². The summed E-state index contributed by atoms with van der Waals surface area (Å²) in [5.41, 5.74) is 0.252. The Morgan fingerprint density at radius 3 is 2.48 bits per heavy atom. The first-order valence-electron chi connectivity index (χ1n) is 6.12. The van der Waals surface area contributed by atoms with Gasteiger partial charge in [0.2, 0.25) is 0 Å². The maximum atomic E-state index is 13.5. The summed E-state index contributed by atoms with van der Waals surface area (Å²) < 4.78 is 36.6. The predicted octanol–water partition coefficient (Wildman–Crippen LogP) is 1.23. The van der Waals surface area contributed by atoms with Crippen LogP contribution in [0.3, 0.4) is 0 Å². The number of hydrogen-bond acceptors (Lipinski definition) is 4. The van der Waals surface area contributed by atoms with Crippen molar-refractivity contribution in [3.63, 3.8) is 0 Å². The highest BCUT2D eigenvalue weighted by atomic mass is 19.1. The molecule has 0 fully saturated rings. The van der Waals surface area contributed by atoms with Gasteiger partial charge in [0.1, 0.15) is 29.7 Å². The molecule has 0 aromatic heterocycles. The Bertz CT molecular complexity index is 634. The fourth-order valence-corrected chi connectivity index (χ4v) is 1.78. The third-order valence-electron chi connectivity index (χ3n) is 2.89. The van der Waals surface area contributed by atoms with E-state index in [2.05, 4.69) is 0 Å². The maximum absolute atomic E-state index is 13.5. The highest BCUT2D eigenvalue weighted by Crippen LogP contribution is 2.18. The molecule has 4 nitrogen and oxygen atoms in total. The second-order valence-electron chi connectivity index (χ2n) is 4.30. The lowest BCUT2D eigenvalue weighted by atomic mass is 9.79. The van der Waals surface area contributed by atoms with E-state index in [-0.39, 0.29) is 23.4 Å². The smallest absolute Gasteiger partial charge is 0.492 e. The molecule has 2 aromatic carbocycles. The Labute approximate surface area is 120 Å². The third kappa shape index (κ3) is 3.71. The van der Waals surface area contributed by atoms with Gasteiger partial charge in [-0.05, 0) is 30.3 Å². The van der Waals surface area contributed by atoms with E-state index < -0.39 is 18.8 Å². The molecular weight excluding hydrogens is 281 g/mol. The van der Waals surface area contributed by atoms with Crippen molar-refractivity contribution >= 4 is 12.6 Å². The number of halogens is 2. The minimum Gasteiger partial charge on any atom is -0.497 e. The molecule has 0 heterocycles. The number of hydrogen-bond donors (Lipinski definition) is 2. The quantitative estimate of drug-likeness (QED) is 0.814. The van der Waals surface area contributed by atoms with Gasteiger partial charge in [-0.3, -0.25) is 0 Å². The molecule has 0 spiro atoms. The lowest BCUT2D eigenvalue weighted by Crippen LogP contribution is -2.31. The summed E-state index contributed by atoms with van der Waals surface area (Å²) in [7, 11) is -0.315. The van der Waals surface area contributed by atoms with Crippen molar-refractivity contribution < 1.29 is 28.3 Å². The fourth-order valence-electron chi connectivity index (χ4n) is 1.78. The van der Waals surface area contributed by atoms with E-state index in [0.29, 0.717) is 5.75 Å². The van der Waals surface area contributed by atoms with Gasteiger partial charge in [-0.15, -0.1) is 0 Å². The Morgan fingerprint density at radius 2 is 1.86 bits per heavy atom. The zero-order valence-corrected chi connectivity index (χ0v) is 11.2. The summed E-state index contributed by atoms with van der Waals surface area (Å²) in [5, 5.41) is 18.6. The van der Waals surface area contributed by atoms with Gasteiger partial charge in [0.05, 0.1) is 7.11 Å². The van der Waals surface area contributed by atoms with Crippen molar-refractivity contribution in [1.82, 2.24) is 0 Å². The summed E-state index contributed by atoms with van der Waals surface area (Å²) in [6.45, 7) is -0.168. The summed E-state index contributed by atoms with van der Waals surface area (Å²) in [5.74, 6) is -0.797. The van der Waals surface area contributed by atoms with E-state index in [0.717, 1.165) is 12.1 Å². The molecule has 0 bridgehead atoms. The first-order chi connectivity index (χ1) is 10.0. The molecule has 110 valence electrons. The van der Waals surface area contributed by atoms with Gasteiger partial charge in [-0.25, -0.2) is 8.78 Å². The van der Waals surface area contributed by atoms with Gasteiger partial charge < -0.3 is 19.5 Å². The molecule has 21 heavy (non-hydrogen) atoms. The lowest BCUT2D eigenvalue weighted by Gasteiger charge is -2.13. The summed E-state index contributed by atoms with van der Waals surface area (Å²) in [6, 6.07) is 7.60. The molecule has 0 unspecified atom stereocenters. The van der Waals surface area contributed by atoms with Gasteiger partial charge in [-0.1, -0.05) is 0 Å². The molecule has 2 aromatic rings. The third-order valence-corrected chi connectivity index (χ3v) is 2.89. The van der Waals surface area contributed by atoms with Gasteiger partial charge in [0.25, 0.3) is 0 Å². The molecule has 0 aliphatic carbocycles. The van der Waals surface area contributed by atoms with Crippen LogP contribution < -0.4 is 14.9 Å². The highest BCUT2D eigenvalue weighted by molar-refractivity contribution is 6.59. The molecule has 2 N–H and O–H groups in total. The number of benzene rings is 2. The number of rotatable bonds is 5. The number of methoxy groups -OCH3 is 1. The van der Waals surface area contributed by atoms with E-state index in [1.165, 1.54) is 25.3 Å². The lowest BCUT2D eigenvalue weighted by molar-refractivity contribution is 0.299. The molecular formula is C14H13BF2O4. The van der Waals surface area contributed by atoms with Crippen molar-refractivity contribution in [2.45, 2.75) is 6.61 Å².